The number of nitrogens with one attached hydrogen (secondary N) is 2. The van der Waals surface area contributed by atoms with Crippen LogP contribution in [0.1, 0.15) is 46.3 Å². The molecule has 13 heteroatoms. The standard InChI is InChI=1S/C33H40F3N5O5/c1-3-46-32(43)30-18-24-21-40(30)13-15-45-17-16-44-14-10-23-20-39(2)12-9-27(23)38-28-7-4-8-29-26(28)19-25(6-5-11-37-31(24)42)41(29)22-33(34,35)36/h4,7-8,18-19,21,23,27,38H,3,9-17,20,22H2,1-2H3,(H,37,42). The zero-order chi connectivity index (χ0) is 32.7. The molecule has 0 saturated carbocycles. The van der Waals surface area contributed by atoms with E-state index in [9.17, 15) is 22.8 Å². The van der Waals surface area contributed by atoms with Crippen molar-refractivity contribution in [3.05, 3.63) is 53.5 Å². The van der Waals surface area contributed by atoms with Gasteiger partial charge in [-0.2, -0.15) is 13.2 Å². The lowest BCUT2D eigenvalue weighted by molar-refractivity contribution is -0.140. The fourth-order valence-electron chi connectivity index (χ4n) is 6.04. The van der Waals surface area contributed by atoms with Gasteiger partial charge < -0.3 is 38.9 Å². The molecule has 4 bridgehead atoms. The second kappa shape index (κ2) is 15.1. The van der Waals surface area contributed by atoms with Crippen LogP contribution >= 0.6 is 0 Å². The van der Waals surface area contributed by atoms with E-state index in [0.717, 1.165) is 31.6 Å². The van der Waals surface area contributed by atoms with E-state index in [-0.39, 0.29) is 42.1 Å². The molecule has 1 fully saturated rings. The van der Waals surface area contributed by atoms with Gasteiger partial charge in [0, 0.05) is 43.0 Å². The first-order chi connectivity index (χ1) is 22.1. The number of esters is 1. The number of hydrogen-bond donors (Lipinski definition) is 2. The summed E-state index contributed by atoms with van der Waals surface area (Å²) in [6.45, 7) is 4.24. The maximum atomic E-state index is 13.7. The van der Waals surface area contributed by atoms with Crippen LogP contribution < -0.4 is 10.6 Å². The molecular formula is C33H40F3N5O5. The number of anilines is 1. The summed E-state index contributed by atoms with van der Waals surface area (Å²) in [4.78, 5) is 27.8. The molecule has 2 N–H and O–H groups in total. The number of carbonyl (C=O) groups is 2. The molecule has 1 saturated heterocycles. The summed E-state index contributed by atoms with van der Waals surface area (Å²) in [5, 5.41) is 6.97. The topological polar surface area (TPSA) is 99.0 Å². The van der Waals surface area contributed by atoms with E-state index in [1.165, 1.54) is 16.8 Å². The monoisotopic (exact) mass is 643 g/mol. The summed E-state index contributed by atoms with van der Waals surface area (Å²) in [6, 6.07) is 8.53. The minimum absolute atomic E-state index is 0.110. The fraction of sp³-hybridized carbons (Fsp3) is 0.515. The Hall–Kier alpha value is -3.99. The van der Waals surface area contributed by atoms with Crippen LogP contribution in [0.15, 0.2) is 36.5 Å². The van der Waals surface area contributed by atoms with Crippen LogP contribution in [0.2, 0.25) is 0 Å². The van der Waals surface area contributed by atoms with Gasteiger partial charge in [0.2, 0.25) is 0 Å². The van der Waals surface area contributed by atoms with Crippen LogP contribution in [0.3, 0.4) is 0 Å². The van der Waals surface area contributed by atoms with Crippen molar-refractivity contribution >= 4 is 28.5 Å². The number of halogens is 3. The lowest BCUT2D eigenvalue weighted by Gasteiger charge is -2.38. The van der Waals surface area contributed by atoms with Crippen molar-refractivity contribution in [1.82, 2.24) is 19.4 Å². The Morgan fingerprint density at radius 3 is 2.70 bits per heavy atom. The summed E-state index contributed by atoms with van der Waals surface area (Å²) >= 11 is 0. The number of carbonyl (C=O) groups excluding carboxylic acids is 2. The zero-order valence-corrected chi connectivity index (χ0v) is 26.1. The van der Waals surface area contributed by atoms with Gasteiger partial charge in [-0.3, -0.25) is 4.79 Å². The first-order valence-corrected chi connectivity index (χ1v) is 15.6. The maximum absolute atomic E-state index is 13.7. The minimum Gasteiger partial charge on any atom is -0.461 e. The predicted octanol–water partition coefficient (Wildman–Crippen LogP) is 4.13. The van der Waals surface area contributed by atoms with E-state index in [1.54, 1.807) is 29.7 Å². The van der Waals surface area contributed by atoms with E-state index < -0.39 is 24.6 Å². The van der Waals surface area contributed by atoms with Gasteiger partial charge in [0.15, 0.2) is 0 Å². The second-order valence-corrected chi connectivity index (χ2v) is 11.6. The first kappa shape index (κ1) is 33.4. The summed E-state index contributed by atoms with van der Waals surface area (Å²) in [6.07, 6.45) is -1.24. The lowest BCUT2D eigenvalue weighted by atomic mass is 9.89. The molecule has 3 aromatic rings. The molecule has 2 aromatic heterocycles. The number of alkyl halides is 3. The number of benzene rings is 1. The molecule has 0 spiro atoms. The third kappa shape index (κ3) is 8.43. The number of piperidine rings is 1. The van der Waals surface area contributed by atoms with Gasteiger partial charge in [0.25, 0.3) is 5.91 Å². The van der Waals surface area contributed by atoms with Crippen LogP contribution in [-0.4, -0.2) is 97.8 Å². The zero-order valence-electron chi connectivity index (χ0n) is 26.1. The molecule has 0 radical (unpaired) electrons. The van der Waals surface area contributed by atoms with E-state index in [0.29, 0.717) is 43.9 Å². The lowest BCUT2D eigenvalue weighted by Crippen LogP contribution is -2.45. The summed E-state index contributed by atoms with van der Waals surface area (Å²) < 4.78 is 60.7. The molecule has 2 aliphatic heterocycles. The Labute approximate surface area is 266 Å². The highest BCUT2D eigenvalue weighted by Gasteiger charge is 2.31. The van der Waals surface area contributed by atoms with Crippen molar-refractivity contribution in [3.8, 4) is 11.8 Å². The van der Waals surface area contributed by atoms with Gasteiger partial charge in [-0.25, -0.2) is 4.79 Å². The molecule has 4 heterocycles. The molecule has 1 aromatic carbocycles. The Morgan fingerprint density at radius 2 is 1.91 bits per heavy atom. The molecule has 248 valence electrons. The number of amides is 1. The van der Waals surface area contributed by atoms with Crippen LogP contribution in [0, 0.1) is 17.8 Å². The normalized spacial score (nSPS) is 20.7. The van der Waals surface area contributed by atoms with Crippen molar-refractivity contribution in [2.24, 2.45) is 5.92 Å². The van der Waals surface area contributed by atoms with Crippen molar-refractivity contribution in [1.29, 1.82) is 0 Å². The van der Waals surface area contributed by atoms with E-state index >= 15 is 0 Å². The number of nitrogens with zero attached hydrogens (tertiary/aromatic N) is 3. The number of ether oxygens (including phenoxy) is 3. The van der Waals surface area contributed by atoms with Crippen LogP contribution in [-0.2, 0) is 27.3 Å². The van der Waals surface area contributed by atoms with Gasteiger partial charge in [-0.1, -0.05) is 12.0 Å². The largest absolute Gasteiger partial charge is 0.461 e. The van der Waals surface area contributed by atoms with Gasteiger partial charge in [0.05, 0.1) is 49.7 Å². The maximum Gasteiger partial charge on any atom is 0.406 e. The Bertz CT molecular complexity index is 1590. The fourth-order valence-corrected chi connectivity index (χ4v) is 6.04. The third-order valence-corrected chi connectivity index (χ3v) is 8.24. The number of aromatic nitrogens is 2. The van der Waals surface area contributed by atoms with Gasteiger partial charge in [-0.15, -0.1) is 0 Å². The number of rotatable bonds is 3. The van der Waals surface area contributed by atoms with Crippen LogP contribution in [0.4, 0.5) is 18.9 Å². The summed E-state index contributed by atoms with van der Waals surface area (Å²) in [7, 11) is 2.08. The van der Waals surface area contributed by atoms with Gasteiger partial charge in [-0.05, 0) is 69.5 Å². The minimum atomic E-state index is -4.46. The van der Waals surface area contributed by atoms with E-state index in [2.05, 4.69) is 34.4 Å². The molecule has 5 rings (SSSR count). The predicted molar refractivity (Wildman–Crippen MR) is 167 cm³/mol. The number of hydrogen-bond acceptors (Lipinski definition) is 7. The van der Waals surface area contributed by atoms with E-state index in [1.807, 2.05) is 6.07 Å². The molecule has 0 aliphatic carbocycles. The van der Waals surface area contributed by atoms with Crippen molar-refractivity contribution in [2.45, 2.75) is 45.1 Å². The highest BCUT2D eigenvalue weighted by atomic mass is 19.4. The SMILES string of the molecule is CCOC(=O)c1cc2cn1CCOCCOCCC1CN(C)CCC1Nc1cccc3c1cc(n3CC(F)(F)F)C#CCNC2=O. The third-order valence-electron chi connectivity index (χ3n) is 8.24. The number of fused-ring (bicyclic) bond motifs is 4. The van der Waals surface area contributed by atoms with E-state index in [4.69, 9.17) is 14.2 Å². The first-order valence-electron chi connectivity index (χ1n) is 15.6. The van der Waals surface area contributed by atoms with Crippen LogP contribution in [0.5, 0.6) is 0 Å². The number of likely N-dealkylation sites (tertiary alicyclic amines) is 1. The van der Waals surface area contributed by atoms with Gasteiger partial charge in [0.1, 0.15) is 12.2 Å². The average molecular weight is 644 g/mol. The smallest absolute Gasteiger partial charge is 0.406 e. The molecule has 2 atom stereocenters. The highest BCUT2D eigenvalue weighted by molar-refractivity contribution is 5.98. The Kier molecular flexibility index (Phi) is 10.9. The molecule has 2 unspecified atom stereocenters. The summed E-state index contributed by atoms with van der Waals surface area (Å²) in [5.74, 6) is 4.86. The van der Waals surface area contributed by atoms with Crippen LogP contribution in [0.25, 0.3) is 10.9 Å². The average Bonchev–Trinajstić information content (AvgIpc) is 3.59. The van der Waals surface area contributed by atoms with Crippen molar-refractivity contribution in [2.75, 3.05) is 65.0 Å². The molecule has 2 aliphatic rings. The molecular weight excluding hydrogens is 603 g/mol. The van der Waals surface area contributed by atoms with Crippen molar-refractivity contribution in [3.63, 3.8) is 0 Å². The van der Waals surface area contributed by atoms with Crippen molar-refractivity contribution < 1.29 is 37.0 Å². The Morgan fingerprint density at radius 1 is 1.11 bits per heavy atom. The quantitative estimate of drug-likeness (QED) is 0.327. The highest BCUT2D eigenvalue weighted by Crippen LogP contribution is 2.32. The molecule has 1 amide bonds. The second-order valence-electron chi connectivity index (χ2n) is 11.6. The van der Waals surface area contributed by atoms with Gasteiger partial charge >= 0.3 is 12.1 Å². The molecule has 46 heavy (non-hydrogen) atoms. The Balaban J connectivity index is 1.46. The summed E-state index contributed by atoms with van der Waals surface area (Å²) in [5.41, 5.74) is 1.80. The molecule has 10 nitrogen and oxygen atoms in total.